The molecule has 0 bridgehead atoms. The van der Waals surface area contributed by atoms with Gasteiger partial charge in [-0.05, 0) is 82.3 Å². The number of aromatic nitrogens is 1. The average molecular weight is 464 g/mol. The second-order valence-electron chi connectivity index (χ2n) is 9.97. The molecule has 5 rings (SSSR count). The highest BCUT2D eigenvalue weighted by molar-refractivity contribution is 6.04. The predicted molar refractivity (Wildman–Crippen MR) is 132 cm³/mol. The van der Waals surface area contributed by atoms with Crippen LogP contribution in [0.2, 0.25) is 0 Å². The topological polar surface area (TPSA) is 101 Å². The molecule has 0 aliphatic heterocycles. The molecule has 3 aliphatic carbocycles. The zero-order valence-corrected chi connectivity index (χ0v) is 19.9. The molecule has 34 heavy (non-hydrogen) atoms. The minimum atomic E-state index is -0.406. The maximum atomic E-state index is 13.1. The summed E-state index contributed by atoms with van der Waals surface area (Å²) in [5.74, 6) is 2.28. The highest BCUT2D eigenvalue weighted by atomic mass is 16.5. The van der Waals surface area contributed by atoms with Gasteiger partial charge in [-0.25, -0.2) is 0 Å². The van der Waals surface area contributed by atoms with Crippen LogP contribution in [0.5, 0.6) is 5.75 Å². The molecule has 0 atom stereocenters. The first-order valence-corrected chi connectivity index (χ1v) is 12.7. The lowest BCUT2D eigenvalue weighted by Crippen LogP contribution is -2.43. The van der Waals surface area contributed by atoms with Crippen molar-refractivity contribution in [1.29, 1.82) is 0 Å². The fourth-order valence-corrected chi connectivity index (χ4v) is 5.14. The average Bonchev–Trinajstić information content (AvgIpc) is 3.74. The molecule has 7 heteroatoms. The van der Waals surface area contributed by atoms with Gasteiger partial charge in [0, 0.05) is 52.4 Å². The number of nitrogen functional groups attached to an aromatic ring is 1. The summed E-state index contributed by atoms with van der Waals surface area (Å²) < 4.78 is 6.74. The number of nitrogens with zero attached hydrogens (tertiary/aromatic N) is 2. The monoisotopic (exact) mass is 463 g/mol. The van der Waals surface area contributed by atoms with Crippen LogP contribution in [-0.4, -0.2) is 30.0 Å². The van der Waals surface area contributed by atoms with Crippen molar-refractivity contribution in [2.45, 2.75) is 70.3 Å². The van der Waals surface area contributed by atoms with Crippen molar-refractivity contribution in [2.75, 3.05) is 17.7 Å². The van der Waals surface area contributed by atoms with E-state index in [0.29, 0.717) is 35.7 Å². The third-order valence-electron chi connectivity index (χ3n) is 7.41. The molecule has 7 nitrogen and oxygen atoms in total. The molecule has 3 aliphatic rings. The SMILES string of the molecule is CCOc1cc(N)c(C=NC2CCC(C3CC3)CC2)cc1NC(=O)c1cccc(C2CC2)[n+]1O. The first-order valence-electron chi connectivity index (χ1n) is 12.7. The molecule has 1 heterocycles. The van der Waals surface area contributed by atoms with Crippen LogP contribution in [0.1, 0.15) is 86.0 Å². The van der Waals surface area contributed by atoms with E-state index in [2.05, 4.69) is 5.32 Å². The first-order chi connectivity index (χ1) is 16.5. The largest absolute Gasteiger partial charge is 0.492 e. The van der Waals surface area contributed by atoms with Gasteiger partial charge in [-0.1, -0.05) is 0 Å². The summed E-state index contributed by atoms with van der Waals surface area (Å²) >= 11 is 0. The molecule has 0 spiro atoms. The van der Waals surface area contributed by atoms with E-state index in [1.54, 1.807) is 18.2 Å². The summed E-state index contributed by atoms with van der Waals surface area (Å²) in [6, 6.07) is 9.15. The van der Waals surface area contributed by atoms with Crippen molar-refractivity contribution in [3.63, 3.8) is 0 Å². The highest BCUT2D eigenvalue weighted by Gasteiger charge is 2.36. The van der Waals surface area contributed by atoms with Crippen molar-refractivity contribution in [1.82, 2.24) is 0 Å². The predicted octanol–water partition coefficient (Wildman–Crippen LogP) is 4.71. The summed E-state index contributed by atoms with van der Waals surface area (Å²) in [4.78, 5) is 17.9. The Kier molecular flexibility index (Phi) is 6.44. The molecule has 3 saturated carbocycles. The molecule has 0 saturated heterocycles. The minimum Gasteiger partial charge on any atom is -0.492 e. The number of benzene rings is 1. The van der Waals surface area contributed by atoms with Crippen molar-refractivity contribution in [3.8, 4) is 5.75 Å². The van der Waals surface area contributed by atoms with Gasteiger partial charge in [-0.2, -0.15) is 0 Å². The number of ether oxygens (including phenoxy) is 1. The van der Waals surface area contributed by atoms with Crippen molar-refractivity contribution >= 4 is 23.5 Å². The number of hydrogen-bond acceptors (Lipinski definition) is 5. The van der Waals surface area contributed by atoms with Crippen LogP contribution < -0.4 is 20.5 Å². The first kappa shape index (κ1) is 22.7. The lowest BCUT2D eigenvalue weighted by Gasteiger charge is -2.26. The lowest BCUT2D eigenvalue weighted by molar-refractivity contribution is -0.910. The number of anilines is 2. The minimum absolute atomic E-state index is 0.186. The zero-order valence-electron chi connectivity index (χ0n) is 19.9. The fraction of sp³-hybridized carbons (Fsp3) is 0.519. The number of rotatable bonds is 8. The van der Waals surface area contributed by atoms with Gasteiger partial charge in [0.25, 0.3) is 0 Å². The third-order valence-corrected chi connectivity index (χ3v) is 7.41. The van der Waals surface area contributed by atoms with Crippen LogP contribution in [0.3, 0.4) is 0 Å². The number of carbonyl (C=O) groups is 1. The molecular weight excluding hydrogens is 428 g/mol. The normalized spacial score (nSPS) is 22.6. The third kappa shape index (κ3) is 5.03. The van der Waals surface area contributed by atoms with Gasteiger partial charge in [0.15, 0.2) is 0 Å². The molecule has 2 aromatic rings. The summed E-state index contributed by atoms with van der Waals surface area (Å²) in [6.07, 6.45) is 11.5. The Labute approximate surface area is 201 Å². The van der Waals surface area contributed by atoms with Gasteiger partial charge < -0.3 is 15.8 Å². The van der Waals surface area contributed by atoms with E-state index in [4.69, 9.17) is 15.5 Å². The Morgan fingerprint density at radius 1 is 1.15 bits per heavy atom. The Morgan fingerprint density at radius 3 is 2.50 bits per heavy atom. The molecule has 3 fully saturated rings. The van der Waals surface area contributed by atoms with Crippen LogP contribution in [0.15, 0.2) is 35.3 Å². The number of amides is 1. The van der Waals surface area contributed by atoms with E-state index in [1.807, 2.05) is 25.3 Å². The van der Waals surface area contributed by atoms with E-state index in [0.717, 1.165) is 53.5 Å². The standard InChI is InChI=1S/C27H34N4O3/c1-2-34-26-15-22(28)20(16-29-21-12-10-18(11-13-21)17-6-7-17)14-23(26)30-27(32)25-5-3-4-24(31(25)33)19-8-9-19/h3-5,14-19,21,28,32-33H,2,6-13H2,1H3/p+1. The number of nitrogens with two attached hydrogens (primary N) is 1. The van der Waals surface area contributed by atoms with Gasteiger partial charge in [-0.3, -0.25) is 15.0 Å². The quantitative estimate of drug-likeness (QED) is 0.228. The molecule has 1 amide bonds. The van der Waals surface area contributed by atoms with Crippen LogP contribution in [-0.2, 0) is 0 Å². The number of hydrogen-bond donors (Lipinski definition) is 3. The zero-order chi connectivity index (χ0) is 23.7. The number of nitrogens with one attached hydrogen (secondary N) is 1. The second kappa shape index (κ2) is 9.65. The van der Waals surface area contributed by atoms with Crippen molar-refractivity contribution < 1.29 is 19.5 Å². The maximum absolute atomic E-state index is 13.1. The van der Waals surface area contributed by atoms with Gasteiger partial charge in [0.05, 0.1) is 12.3 Å². The van der Waals surface area contributed by atoms with Crippen LogP contribution in [0.25, 0.3) is 0 Å². The Hall–Kier alpha value is -3.09. The molecule has 0 radical (unpaired) electrons. The Bertz CT molecular complexity index is 1080. The summed E-state index contributed by atoms with van der Waals surface area (Å²) in [7, 11) is 0. The summed E-state index contributed by atoms with van der Waals surface area (Å²) in [5.41, 5.74) is 9.08. The second-order valence-corrected chi connectivity index (χ2v) is 9.97. The van der Waals surface area contributed by atoms with E-state index >= 15 is 0 Å². The highest BCUT2D eigenvalue weighted by Crippen LogP contribution is 2.44. The summed E-state index contributed by atoms with van der Waals surface area (Å²) in [5, 5.41) is 13.5. The molecule has 1 aromatic heterocycles. The van der Waals surface area contributed by atoms with E-state index in [-0.39, 0.29) is 5.69 Å². The lowest BCUT2D eigenvalue weighted by atomic mass is 9.83. The van der Waals surface area contributed by atoms with Crippen molar-refractivity contribution in [2.24, 2.45) is 16.8 Å². The molecule has 0 unspecified atom stereocenters. The number of aliphatic imine (C=N–C) groups is 1. The fourth-order valence-electron chi connectivity index (χ4n) is 5.14. The van der Waals surface area contributed by atoms with Crippen LogP contribution in [0.4, 0.5) is 11.4 Å². The Balaban J connectivity index is 1.33. The van der Waals surface area contributed by atoms with Gasteiger partial charge in [0.1, 0.15) is 5.75 Å². The summed E-state index contributed by atoms with van der Waals surface area (Å²) in [6.45, 7) is 2.33. The number of pyridine rings is 1. The smallest absolute Gasteiger partial charge is 0.325 e. The molecule has 180 valence electrons. The molecular formula is C27H35N4O3+. The van der Waals surface area contributed by atoms with Gasteiger partial charge >= 0.3 is 11.6 Å². The van der Waals surface area contributed by atoms with Crippen LogP contribution >= 0.6 is 0 Å². The Morgan fingerprint density at radius 2 is 1.85 bits per heavy atom. The van der Waals surface area contributed by atoms with E-state index < -0.39 is 5.91 Å². The van der Waals surface area contributed by atoms with Crippen molar-refractivity contribution in [3.05, 3.63) is 47.3 Å². The number of carbonyl (C=O) groups excluding carboxylic acids is 1. The maximum Gasteiger partial charge on any atom is 0.325 e. The van der Waals surface area contributed by atoms with E-state index in [1.165, 1.54) is 25.7 Å². The van der Waals surface area contributed by atoms with Gasteiger partial charge in [-0.15, -0.1) is 0 Å². The van der Waals surface area contributed by atoms with Crippen LogP contribution in [0, 0.1) is 11.8 Å². The van der Waals surface area contributed by atoms with E-state index in [9.17, 15) is 10.0 Å². The van der Waals surface area contributed by atoms with Gasteiger partial charge in [0.2, 0.25) is 5.69 Å². The molecule has 1 aromatic carbocycles. The molecule has 4 N–H and O–H groups in total.